The van der Waals surface area contributed by atoms with Crippen molar-refractivity contribution in [3.8, 4) is 17.1 Å². The van der Waals surface area contributed by atoms with E-state index in [2.05, 4.69) is 15.4 Å². The number of amides is 1. The molecule has 0 spiro atoms. The molecule has 5 nitrogen and oxygen atoms in total. The summed E-state index contributed by atoms with van der Waals surface area (Å²) < 4.78 is 1.63. The average molecular weight is 423 g/mol. The van der Waals surface area contributed by atoms with E-state index in [9.17, 15) is 4.79 Å². The van der Waals surface area contributed by atoms with Crippen molar-refractivity contribution in [2.24, 2.45) is 0 Å². The highest BCUT2D eigenvalue weighted by Gasteiger charge is 2.19. The molecule has 0 aliphatic heterocycles. The minimum Gasteiger partial charge on any atom is -0.319 e. The summed E-state index contributed by atoms with van der Waals surface area (Å²) in [7, 11) is 0. The molecule has 7 heteroatoms. The molecule has 29 heavy (non-hydrogen) atoms. The molecule has 0 saturated carbocycles. The number of para-hydroxylation sites is 1. The van der Waals surface area contributed by atoms with Crippen LogP contribution in [0.2, 0.25) is 10.0 Å². The largest absolute Gasteiger partial charge is 0.319 e. The highest BCUT2D eigenvalue weighted by atomic mass is 35.5. The lowest BCUT2D eigenvalue weighted by Gasteiger charge is -2.05. The van der Waals surface area contributed by atoms with Gasteiger partial charge in [0.05, 0.1) is 5.69 Å². The third-order valence-electron chi connectivity index (χ3n) is 4.32. The van der Waals surface area contributed by atoms with Gasteiger partial charge in [-0.1, -0.05) is 59.6 Å². The summed E-state index contributed by atoms with van der Waals surface area (Å²) in [4.78, 5) is 17.3. The van der Waals surface area contributed by atoms with Crippen molar-refractivity contribution in [1.82, 2.24) is 14.8 Å². The molecule has 0 aliphatic carbocycles. The highest BCUT2D eigenvalue weighted by molar-refractivity contribution is 6.31. The lowest BCUT2D eigenvalue weighted by Crippen LogP contribution is -2.14. The van der Waals surface area contributed by atoms with Gasteiger partial charge < -0.3 is 5.32 Å². The second-order valence-electron chi connectivity index (χ2n) is 6.43. The maximum atomic E-state index is 12.8. The Balaban J connectivity index is 1.74. The fourth-order valence-electron chi connectivity index (χ4n) is 2.83. The predicted octanol–water partition coefficient (Wildman–Crippen LogP) is 5.80. The second-order valence-corrected chi connectivity index (χ2v) is 7.28. The number of hydrogen-bond donors (Lipinski definition) is 1. The van der Waals surface area contributed by atoms with Crippen LogP contribution in [0.1, 0.15) is 16.2 Å². The van der Waals surface area contributed by atoms with Gasteiger partial charge in [0.1, 0.15) is 0 Å². The first-order valence-electron chi connectivity index (χ1n) is 8.87. The number of nitrogens with one attached hydrogen (secondary N) is 1. The van der Waals surface area contributed by atoms with Gasteiger partial charge in [-0.15, -0.1) is 5.10 Å². The summed E-state index contributed by atoms with van der Waals surface area (Å²) in [6.07, 6.45) is 0. The molecule has 1 N–H and O–H groups in total. The number of halogens is 2. The Hall–Kier alpha value is -3.15. The van der Waals surface area contributed by atoms with E-state index in [4.69, 9.17) is 23.2 Å². The van der Waals surface area contributed by atoms with Gasteiger partial charge in [0.2, 0.25) is 5.82 Å². The average Bonchev–Trinajstić information content (AvgIpc) is 3.17. The van der Waals surface area contributed by atoms with Crippen LogP contribution in [0.5, 0.6) is 0 Å². The molecule has 3 aromatic carbocycles. The number of aromatic nitrogens is 3. The smallest absolute Gasteiger partial charge is 0.295 e. The molecule has 0 fully saturated rings. The summed E-state index contributed by atoms with van der Waals surface area (Å²) >= 11 is 12.3. The summed E-state index contributed by atoms with van der Waals surface area (Å²) in [5.74, 6) is 0.134. The van der Waals surface area contributed by atoms with Gasteiger partial charge in [-0.2, -0.15) is 0 Å². The van der Waals surface area contributed by atoms with Gasteiger partial charge >= 0.3 is 0 Å². The Morgan fingerprint density at radius 2 is 1.76 bits per heavy atom. The SMILES string of the molecule is Cc1ccc(NC(=O)c2nc(-c3cccc(Cl)c3)n(-c3ccccc3)n2)cc1Cl. The molecule has 1 heterocycles. The zero-order valence-corrected chi connectivity index (χ0v) is 16.9. The molecule has 0 radical (unpaired) electrons. The van der Waals surface area contributed by atoms with Gasteiger partial charge in [0, 0.05) is 21.3 Å². The molecule has 144 valence electrons. The second kappa shape index (κ2) is 8.07. The Morgan fingerprint density at radius 3 is 2.48 bits per heavy atom. The minimum absolute atomic E-state index is 0.0422. The molecule has 0 bridgehead atoms. The summed E-state index contributed by atoms with van der Waals surface area (Å²) in [6.45, 7) is 1.90. The molecule has 0 atom stereocenters. The Kier molecular flexibility index (Phi) is 5.34. The first kappa shape index (κ1) is 19.2. The van der Waals surface area contributed by atoms with Crippen LogP contribution in [0.3, 0.4) is 0 Å². The van der Waals surface area contributed by atoms with Gasteiger partial charge in [0.15, 0.2) is 5.82 Å². The Morgan fingerprint density at radius 1 is 0.966 bits per heavy atom. The molecule has 4 aromatic rings. The summed E-state index contributed by atoms with van der Waals surface area (Å²) in [5, 5.41) is 8.38. The normalized spacial score (nSPS) is 10.7. The van der Waals surface area contributed by atoms with E-state index in [1.807, 2.05) is 55.5 Å². The zero-order chi connectivity index (χ0) is 20.4. The highest BCUT2D eigenvalue weighted by Crippen LogP contribution is 2.25. The number of carbonyl (C=O) groups is 1. The van der Waals surface area contributed by atoms with Crippen LogP contribution in [-0.2, 0) is 0 Å². The van der Waals surface area contributed by atoms with Crippen LogP contribution >= 0.6 is 23.2 Å². The van der Waals surface area contributed by atoms with Crippen molar-refractivity contribution >= 4 is 34.8 Å². The van der Waals surface area contributed by atoms with E-state index in [-0.39, 0.29) is 5.82 Å². The van der Waals surface area contributed by atoms with Crippen LogP contribution in [0, 0.1) is 6.92 Å². The van der Waals surface area contributed by atoms with Crippen molar-refractivity contribution in [3.05, 3.63) is 94.2 Å². The quantitative estimate of drug-likeness (QED) is 0.451. The van der Waals surface area contributed by atoms with E-state index in [0.717, 1.165) is 16.8 Å². The third kappa shape index (κ3) is 4.16. The zero-order valence-electron chi connectivity index (χ0n) is 15.4. The van der Waals surface area contributed by atoms with Crippen molar-refractivity contribution in [2.75, 3.05) is 5.32 Å². The van der Waals surface area contributed by atoms with Crippen molar-refractivity contribution < 1.29 is 4.79 Å². The van der Waals surface area contributed by atoms with Crippen molar-refractivity contribution in [1.29, 1.82) is 0 Å². The van der Waals surface area contributed by atoms with E-state index in [0.29, 0.717) is 21.6 Å². The number of hydrogen-bond acceptors (Lipinski definition) is 3. The standard InChI is InChI=1S/C22H16Cl2N4O/c1-14-10-11-17(13-19(14)24)25-22(29)20-26-21(15-6-5-7-16(23)12-15)28(27-20)18-8-3-2-4-9-18/h2-13H,1H3,(H,25,29). The topological polar surface area (TPSA) is 59.8 Å². The Labute approximate surface area is 177 Å². The lowest BCUT2D eigenvalue weighted by molar-refractivity contribution is 0.101. The molecule has 1 amide bonds. The number of nitrogens with zero attached hydrogens (tertiary/aromatic N) is 3. The van der Waals surface area contributed by atoms with Crippen LogP contribution in [0.15, 0.2) is 72.8 Å². The van der Waals surface area contributed by atoms with Crippen molar-refractivity contribution in [3.63, 3.8) is 0 Å². The molecule has 4 rings (SSSR count). The molecule has 1 aromatic heterocycles. The number of anilines is 1. The van der Waals surface area contributed by atoms with E-state index in [1.54, 1.807) is 28.9 Å². The van der Waals surface area contributed by atoms with Gasteiger partial charge in [0.25, 0.3) is 5.91 Å². The lowest BCUT2D eigenvalue weighted by atomic mass is 10.2. The molecule has 0 aliphatic rings. The maximum Gasteiger partial charge on any atom is 0.295 e. The minimum atomic E-state index is -0.428. The van der Waals surface area contributed by atoms with Gasteiger partial charge in [-0.05, 0) is 48.9 Å². The van der Waals surface area contributed by atoms with E-state index >= 15 is 0 Å². The number of benzene rings is 3. The van der Waals surface area contributed by atoms with Crippen LogP contribution in [0.4, 0.5) is 5.69 Å². The van der Waals surface area contributed by atoms with Crippen LogP contribution in [-0.4, -0.2) is 20.7 Å². The molecule has 0 saturated heterocycles. The monoisotopic (exact) mass is 422 g/mol. The predicted molar refractivity (Wildman–Crippen MR) is 116 cm³/mol. The first-order valence-corrected chi connectivity index (χ1v) is 9.63. The van der Waals surface area contributed by atoms with Gasteiger partial charge in [-0.3, -0.25) is 4.79 Å². The fourth-order valence-corrected chi connectivity index (χ4v) is 3.20. The molecular weight excluding hydrogens is 407 g/mol. The van der Waals surface area contributed by atoms with Crippen molar-refractivity contribution in [2.45, 2.75) is 6.92 Å². The molecule has 0 unspecified atom stereocenters. The summed E-state index contributed by atoms with van der Waals surface area (Å²) in [6, 6.07) is 22.1. The van der Waals surface area contributed by atoms with Crippen LogP contribution in [0.25, 0.3) is 17.1 Å². The fraction of sp³-hybridized carbons (Fsp3) is 0.0455. The third-order valence-corrected chi connectivity index (χ3v) is 4.97. The summed E-state index contributed by atoms with van der Waals surface area (Å²) in [5.41, 5.74) is 3.05. The number of aryl methyl sites for hydroxylation is 1. The van der Waals surface area contributed by atoms with Crippen LogP contribution < -0.4 is 5.32 Å². The number of carbonyl (C=O) groups excluding carboxylic acids is 1. The Bertz CT molecular complexity index is 1190. The molecular formula is C22H16Cl2N4O. The number of rotatable bonds is 4. The first-order chi connectivity index (χ1) is 14.0. The van der Waals surface area contributed by atoms with E-state index < -0.39 is 5.91 Å². The van der Waals surface area contributed by atoms with E-state index in [1.165, 1.54) is 0 Å². The maximum absolute atomic E-state index is 12.8. The van der Waals surface area contributed by atoms with Gasteiger partial charge in [-0.25, -0.2) is 9.67 Å².